The summed E-state index contributed by atoms with van der Waals surface area (Å²) in [4.78, 5) is 23.5. The molecule has 0 heterocycles. The Labute approximate surface area is 163 Å². The van der Waals surface area contributed by atoms with E-state index in [9.17, 15) is 14.9 Å². The second kappa shape index (κ2) is 8.60. The lowest BCUT2D eigenvalue weighted by molar-refractivity contribution is -0.384. The van der Waals surface area contributed by atoms with Crippen LogP contribution >= 0.6 is 0 Å². The van der Waals surface area contributed by atoms with Crippen LogP contribution < -0.4 is 20.1 Å². The van der Waals surface area contributed by atoms with Crippen molar-refractivity contribution >= 4 is 23.0 Å². The summed E-state index contributed by atoms with van der Waals surface area (Å²) < 4.78 is 11.1. The molecule has 3 rings (SSSR count). The first-order valence-electron chi connectivity index (χ1n) is 9.27. The van der Waals surface area contributed by atoms with Crippen molar-refractivity contribution in [2.75, 3.05) is 23.8 Å². The molecule has 1 saturated carbocycles. The zero-order valence-electron chi connectivity index (χ0n) is 15.9. The van der Waals surface area contributed by atoms with Gasteiger partial charge < -0.3 is 20.1 Å². The minimum absolute atomic E-state index is 0.110. The number of nitro groups is 1. The molecular formula is C20H23N3O5. The number of rotatable bonds is 9. The highest BCUT2D eigenvalue weighted by Gasteiger charge is 2.25. The normalized spacial score (nSPS) is 12.9. The third-order valence-corrected chi connectivity index (χ3v) is 4.19. The van der Waals surface area contributed by atoms with Gasteiger partial charge in [-0.15, -0.1) is 0 Å². The lowest BCUT2D eigenvalue weighted by Crippen LogP contribution is -2.13. The summed E-state index contributed by atoms with van der Waals surface area (Å²) in [6.07, 6.45) is 2.00. The molecule has 0 saturated heterocycles. The van der Waals surface area contributed by atoms with Crippen LogP contribution in [0.1, 0.15) is 37.0 Å². The van der Waals surface area contributed by atoms with Crippen LogP contribution in [0.4, 0.5) is 17.1 Å². The lowest BCUT2D eigenvalue weighted by Gasteiger charge is -2.13. The topological polar surface area (TPSA) is 103 Å². The first kappa shape index (κ1) is 19.5. The van der Waals surface area contributed by atoms with Gasteiger partial charge in [-0.2, -0.15) is 0 Å². The molecule has 28 heavy (non-hydrogen) atoms. The van der Waals surface area contributed by atoms with Crippen molar-refractivity contribution in [3.8, 4) is 11.5 Å². The number of amides is 1. The number of benzene rings is 2. The van der Waals surface area contributed by atoms with Gasteiger partial charge in [-0.25, -0.2) is 0 Å². The molecule has 0 radical (unpaired) electrons. The Hall–Kier alpha value is -3.29. The Morgan fingerprint density at radius 3 is 2.46 bits per heavy atom. The van der Waals surface area contributed by atoms with Crippen molar-refractivity contribution < 1.29 is 19.2 Å². The fourth-order valence-electron chi connectivity index (χ4n) is 2.73. The van der Waals surface area contributed by atoms with E-state index in [2.05, 4.69) is 10.6 Å². The zero-order valence-corrected chi connectivity index (χ0v) is 15.9. The van der Waals surface area contributed by atoms with Crippen LogP contribution in [0.2, 0.25) is 0 Å². The number of hydrogen-bond donors (Lipinski definition) is 2. The zero-order chi connectivity index (χ0) is 20.1. The summed E-state index contributed by atoms with van der Waals surface area (Å²) in [5.74, 6) is 0.679. The smallest absolute Gasteiger partial charge is 0.293 e. The molecule has 1 aliphatic rings. The van der Waals surface area contributed by atoms with E-state index in [0.29, 0.717) is 36.1 Å². The van der Waals surface area contributed by atoms with E-state index in [4.69, 9.17) is 9.47 Å². The molecule has 2 aromatic carbocycles. The largest absolute Gasteiger partial charge is 0.490 e. The van der Waals surface area contributed by atoms with Crippen LogP contribution in [0.25, 0.3) is 0 Å². The highest BCUT2D eigenvalue weighted by molar-refractivity contribution is 6.05. The molecule has 0 atom stereocenters. The molecule has 2 aromatic rings. The fraction of sp³-hybridized carbons (Fsp3) is 0.350. The number of ether oxygens (including phenoxy) is 2. The number of hydrogen-bond acceptors (Lipinski definition) is 6. The summed E-state index contributed by atoms with van der Waals surface area (Å²) in [7, 11) is 0. The van der Waals surface area contributed by atoms with E-state index < -0.39 is 10.8 Å². The molecule has 148 valence electrons. The van der Waals surface area contributed by atoms with Crippen molar-refractivity contribution in [1.82, 2.24) is 0 Å². The minimum Gasteiger partial charge on any atom is -0.490 e. The van der Waals surface area contributed by atoms with E-state index >= 15 is 0 Å². The van der Waals surface area contributed by atoms with Crippen LogP contribution in [-0.4, -0.2) is 30.1 Å². The van der Waals surface area contributed by atoms with Gasteiger partial charge in [-0.3, -0.25) is 14.9 Å². The van der Waals surface area contributed by atoms with E-state index in [0.717, 1.165) is 12.8 Å². The van der Waals surface area contributed by atoms with E-state index in [1.165, 1.54) is 6.07 Å². The number of nitro benzene ring substituents is 1. The van der Waals surface area contributed by atoms with E-state index in [1.54, 1.807) is 30.3 Å². The maximum absolute atomic E-state index is 12.6. The van der Waals surface area contributed by atoms with E-state index in [-0.39, 0.29) is 17.3 Å². The molecule has 1 aliphatic carbocycles. The number of anilines is 2. The number of carbonyl (C=O) groups excluding carboxylic acids is 1. The van der Waals surface area contributed by atoms with Gasteiger partial charge in [0.05, 0.1) is 18.1 Å². The number of carbonyl (C=O) groups is 1. The molecule has 0 aromatic heterocycles. The molecule has 8 nitrogen and oxygen atoms in total. The third kappa shape index (κ3) is 4.70. The van der Waals surface area contributed by atoms with Crippen molar-refractivity contribution in [1.29, 1.82) is 0 Å². The molecule has 1 amide bonds. The van der Waals surface area contributed by atoms with Gasteiger partial charge in [0.15, 0.2) is 11.5 Å². The van der Waals surface area contributed by atoms with Crippen LogP contribution in [0, 0.1) is 10.1 Å². The second-order valence-corrected chi connectivity index (χ2v) is 6.39. The Kier molecular flexibility index (Phi) is 5.98. The standard InChI is InChI=1S/C20H23N3O5/c1-3-27-18-10-8-15(12-19(18)28-4-2)22-20(24)13-5-9-16(21-14-6-7-14)17(11-13)23(25)26/h5,8-12,14,21H,3-4,6-7H2,1-2H3,(H,22,24). The first-order chi connectivity index (χ1) is 13.5. The highest BCUT2D eigenvalue weighted by Crippen LogP contribution is 2.33. The molecule has 0 aliphatic heterocycles. The van der Waals surface area contributed by atoms with Crippen molar-refractivity contribution in [2.45, 2.75) is 32.7 Å². The predicted octanol–water partition coefficient (Wildman–Crippen LogP) is 4.22. The minimum atomic E-state index is -0.481. The molecular weight excluding hydrogens is 362 g/mol. The summed E-state index contributed by atoms with van der Waals surface area (Å²) in [5, 5.41) is 17.2. The van der Waals surface area contributed by atoms with Crippen LogP contribution in [0.5, 0.6) is 11.5 Å². The predicted molar refractivity (Wildman–Crippen MR) is 106 cm³/mol. The Morgan fingerprint density at radius 2 is 1.82 bits per heavy atom. The molecule has 0 bridgehead atoms. The van der Waals surface area contributed by atoms with Crippen LogP contribution in [-0.2, 0) is 0 Å². The maximum atomic E-state index is 12.6. The molecule has 8 heteroatoms. The Balaban J connectivity index is 1.79. The summed E-state index contributed by atoms with van der Waals surface area (Å²) in [6.45, 7) is 4.69. The van der Waals surface area contributed by atoms with Gasteiger partial charge in [0.1, 0.15) is 5.69 Å². The third-order valence-electron chi connectivity index (χ3n) is 4.19. The van der Waals surface area contributed by atoms with Gasteiger partial charge in [-0.05, 0) is 51.0 Å². The van der Waals surface area contributed by atoms with E-state index in [1.807, 2.05) is 13.8 Å². The van der Waals surface area contributed by atoms with Crippen molar-refractivity contribution in [3.05, 3.63) is 52.1 Å². The average molecular weight is 385 g/mol. The number of nitrogens with one attached hydrogen (secondary N) is 2. The molecule has 2 N–H and O–H groups in total. The van der Waals surface area contributed by atoms with Crippen molar-refractivity contribution in [3.63, 3.8) is 0 Å². The van der Waals surface area contributed by atoms with Crippen molar-refractivity contribution in [2.24, 2.45) is 0 Å². The maximum Gasteiger partial charge on any atom is 0.293 e. The molecule has 1 fully saturated rings. The number of nitrogens with zero attached hydrogens (tertiary/aromatic N) is 1. The summed E-state index contributed by atoms with van der Waals surface area (Å²) in [6, 6.07) is 9.81. The highest BCUT2D eigenvalue weighted by atomic mass is 16.6. The van der Waals surface area contributed by atoms with Gasteiger partial charge >= 0.3 is 0 Å². The Bertz CT molecular complexity index is 880. The average Bonchev–Trinajstić information content (AvgIpc) is 3.48. The summed E-state index contributed by atoms with van der Waals surface area (Å²) >= 11 is 0. The van der Waals surface area contributed by atoms with Gasteiger partial charge in [-0.1, -0.05) is 0 Å². The molecule has 0 spiro atoms. The van der Waals surface area contributed by atoms with Gasteiger partial charge in [0.25, 0.3) is 11.6 Å². The van der Waals surface area contributed by atoms with Crippen LogP contribution in [0.15, 0.2) is 36.4 Å². The van der Waals surface area contributed by atoms with Crippen LogP contribution in [0.3, 0.4) is 0 Å². The lowest BCUT2D eigenvalue weighted by atomic mass is 10.1. The molecule has 0 unspecified atom stereocenters. The van der Waals surface area contributed by atoms with Gasteiger partial charge in [0.2, 0.25) is 0 Å². The fourth-order valence-corrected chi connectivity index (χ4v) is 2.73. The second-order valence-electron chi connectivity index (χ2n) is 6.39. The first-order valence-corrected chi connectivity index (χ1v) is 9.27. The van der Waals surface area contributed by atoms with Gasteiger partial charge in [0, 0.05) is 29.4 Å². The SMILES string of the molecule is CCOc1ccc(NC(=O)c2ccc(NC3CC3)c([N+](=O)[O-])c2)cc1OCC. The quantitative estimate of drug-likeness (QED) is 0.495. The monoisotopic (exact) mass is 385 g/mol. The Morgan fingerprint density at radius 1 is 1.11 bits per heavy atom. The summed E-state index contributed by atoms with van der Waals surface area (Å²) in [5.41, 5.74) is 1.05.